The van der Waals surface area contributed by atoms with E-state index in [9.17, 15) is 4.79 Å². The van der Waals surface area contributed by atoms with E-state index in [0.717, 1.165) is 13.1 Å². The van der Waals surface area contributed by atoms with Gasteiger partial charge in [0.2, 0.25) is 5.75 Å². The van der Waals surface area contributed by atoms with Crippen LogP contribution < -0.4 is 19.5 Å². The molecule has 6 nitrogen and oxygen atoms in total. The third-order valence-corrected chi connectivity index (χ3v) is 6.06. The van der Waals surface area contributed by atoms with Crippen molar-refractivity contribution in [2.45, 2.75) is 25.3 Å². The highest BCUT2D eigenvalue weighted by Gasteiger charge is 2.24. The van der Waals surface area contributed by atoms with Gasteiger partial charge in [-0.1, -0.05) is 12.5 Å². The fourth-order valence-corrected chi connectivity index (χ4v) is 4.49. The maximum Gasteiger partial charge on any atom is 0.251 e. The highest BCUT2D eigenvalue weighted by Crippen LogP contribution is 2.38. The Morgan fingerprint density at radius 2 is 1.76 bits per heavy atom. The summed E-state index contributed by atoms with van der Waals surface area (Å²) in [5, 5.41) is 5.19. The first-order valence-electron chi connectivity index (χ1n) is 9.53. The number of piperidine rings is 1. The Balaban J connectivity index is 0.00000300. The number of nitrogens with zero attached hydrogens (tertiary/aromatic N) is 1. The van der Waals surface area contributed by atoms with Crippen molar-refractivity contribution in [1.29, 1.82) is 0 Å². The van der Waals surface area contributed by atoms with E-state index in [2.05, 4.69) is 27.7 Å². The van der Waals surface area contributed by atoms with Gasteiger partial charge in [-0.15, -0.1) is 23.7 Å². The van der Waals surface area contributed by atoms with Crippen molar-refractivity contribution in [1.82, 2.24) is 10.2 Å². The van der Waals surface area contributed by atoms with Gasteiger partial charge in [0.15, 0.2) is 11.5 Å². The molecule has 29 heavy (non-hydrogen) atoms. The summed E-state index contributed by atoms with van der Waals surface area (Å²) in [4.78, 5) is 16.6. The van der Waals surface area contributed by atoms with E-state index in [4.69, 9.17) is 14.2 Å². The van der Waals surface area contributed by atoms with Crippen molar-refractivity contribution in [2.75, 3.05) is 41.0 Å². The van der Waals surface area contributed by atoms with Crippen LogP contribution in [0.25, 0.3) is 0 Å². The molecule has 1 fully saturated rings. The summed E-state index contributed by atoms with van der Waals surface area (Å²) in [7, 11) is 4.63. The second-order valence-electron chi connectivity index (χ2n) is 6.75. The minimum absolute atomic E-state index is 0. The Bertz CT molecular complexity index is 754. The highest BCUT2D eigenvalue weighted by molar-refractivity contribution is 7.10. The molecule has 3 rings (SSSR count). The molecule has 0 spiro atoms. The van der Waals surface area contributed by atoms with Gasteiger partial charge in [0.1, 0.15) is 0 Å². The summed E-state index contributed by atoms with van der Waals surface area (Å²) in [6, 6.07) is 7.77. The predicted molar refractivity (Wildman–Crippen MR) is 118 cm³/mol. The van der Waals surface area contributed by atoms with E-state index >= 15 is 0 Å². The minimum Gasteiger partial charge on any atom is -0.493 e. The zero-order valence-corrected chi connectivity index (χ0v) is 18.7. The molecular weight excluding hydrogens is 412 g/mol. The molecule has 0 radical (unpaired) electrons. The Kier molecular flexibility index (Phi) is 9.07. The minimum atomic E-state index is -0.155. The first-order valence-corrected chi connectivity index (χ1v) is 10.4. The molecule has 1 aromatic carbocycles. The van der Waals surface area contributed by atoms with Crippen LogP contribution in [0.1, 0.15) is 40.5 Å². The molecule has 0 bridgehead atoms. The number of methoxy groups -OCH3 is 3. The number of rotatable bonds is 8. The van der Waals surface area contributed by atoms with Crippen LogP contribution in [0.3, 0.4) is 0 Å². The fourth-order valence-electron chi connectivity index (χ4n) is 3.62. The summed E-state index contributed by atoms with van der Waals surface area (Å²) < 4.78 is 16.0. The molecule has 1 aromatic heterocycles. The molecule has 1 saturated heterocycles. The lowest BCUT2D eigenvalue weighted by atomic mass is 10.1. The number of amides is 1. The highest BCUT2D eigenvalue weighted by atomic mass is 35.5. The van der Waals surface area contributed by atoms with Crippen LogP contribution in [0.2, 0.25) is 0 Å². The van der Waals surface area contributed by atoms with Crippen LogP contribution in [0.4, 0.5) is 0 Å². The summed E-state index contributed by atoms with van der Waals surface area (Å²) in [6.45, 7) is 2.71. The summed E-state index contributed by atoms with van der Waals surface area (Å²) in [6.07, 6.45) is 3.71. The Labute approximate surface area is 182 Å². The van der Waals surface area contributed by atoms with Crippen molar-refractivity contribution in [2.24, 2.45) is 0 Å². The molecule has 2 aromatic rings. The van der Waals surface area contributed by atoms with E-state index in [1.807, 2.05) is 0 Å². The van der Waals surface area contributed by atoms with Crippen molar-refractivity contribution >= 4 is 29.7 Å². The lowest BCUT2D eigenvalue weighted by Gasteiger charge is -2.34. The van der Waals surface area contributed by atoms with Gasteiger partial charge in [0, 0.05) is 17.0 Å². The van der Waals surface area contributed by atoms with Gasteiger partial charge in [-0.2, -0.15) is 0 Å². The molecule has 1 amide bonds. The van der Waals surface area contributed by atoms with E-state index in [1.54, 1.807) is 44.8 Å². The lowest BCUT2D eigenvalue weighted by molar-refractivity contribution is 0.0925. The lowest BCUT2D eigenvalue weighted by Crippen LogP contribution is -2.40. The molecule has 1 aliphatic rings. The quantitative estimate of drug-likeness (QED) is 0.668. The number of carbonyl (C=O) groups excluding carboxylic acids is 1. The second kappa shape index (κ2) is 11.3. The fraction of sp³-hybridized carbons (Fsp3) is 0.476. The van der Waals surface area contributed by atoms with Crippen LogP contribution in [0.5, 0.6) is 17.2 Å². The topological polar surface area (TPSA) is 60.0 Å². The molecular formula is C21H29ClN2O4S. The van der Waals surface area contributed by atoms with E-state index in [0.29, 0.717) is 29.4 Å². The average molecular weight is 441 g/mol. The number of thiophene rings is 1. The maximum atomic E-state index is 12.9. The number of hydrogen-bond donors (Lipinski definition) is 1. The van der Waals surface area contributed by atoms with Gasteiger partial charge < -0.3 is 19.5 Å². The van der Waals surface area contributed by atoms with E-state index in [1.165, 1.54) is 24.1 Å². The van der Waals surface area contributed by atoms with Crippen LogP contribution in [0.15, 0.2) is 29.6 Å². The van der Waals surface area contributed by atoms with Gasteiger partial charge >= 0.3 is 0 Å². The van der Waals surface area contributed by atoms with Gasteiger partial charge in [-0.05, 0) is 49.5 Å². The van der Waals surface area contributed by atoms with Crippen molar-refractivity contribution in [3.63, 3.8) is 0 Å². The van der Waals surface area contributed by atoms with Crippen molar-refractivity contribution in [3.8, 4) is 17.2 Å². The third-order valence-electron chi connectivity index (χ3n) is 5.09. The summed E-state index contributed by atoms with van der Waals surface area (Å²) >= 11 is 1.74. The SMILES string of the molecule is COc1cc(C(=O)NCC(c2cccs2)N2CCCCC2)cc(OC)c1OC.Cl. The zero-order chi connectivity index (χ0) is 19.9. The van der Waals surface area contributed by atoms with Crippen LogP contribution >= 0.6 is 23.7 Å². The van der Waals surface area contributed by atoms with Crippen LogP contribution in [0, 0.1) is 0 Å². The summed E-state index contributed by atoms with van der Waals surface area (Å²) in [5.41, 5.74) is 0.484. The number of nitrogens with one attached hydrogen (secondary N) is 1. The smallest absolute Gasteiger partial charge is 0.251 e. The first-order chi connectivity index (χ1) is 13.7. The number of hydrogen-bond acceptors (Lipinski definition) is 6. The molecule has 1 N–H and O–H groups in total. The number of carbonyl (C=O) groups is 1. The predicted octanol–water partition coefficient (Wildman–Crippen LogP) is 4.15. The Morgan fingerprint density at radius 3 is 2.28 bits per heavy atom. The Hall–Kier alpha value is -1.96. The van der Waals surface area contributed by atoms with Gasteiger partial charge in [0.25, 0.3) is 5.91 Å². The Morgan fingerprint density at radius 1 is 1.10 bits per heavy atom. The number of halogens is 1. The summed E-state index contributed by atoms with van der Waals surface area (Å²) in [5.74, 6) is 1.26. The largest absolute Gasteiger partial charge is 0.493 e. The van der Waals surface area contributed by atoms with Gasteiger partial charge in [-0.25, -0.2) is 0 Å². The molecule has 1 aliphatic heterocycles. The molecule has 2 heterocycles. The maximum absolute atomic E-state index is 12.9. The van der Waals surface area contributed by atoms with Gasteiger partial charge in [0.05, 0.1) is 27.4 Å². The van der Waals surface area contributed by atoms with Crippen LogP contribution in [-0.2, 0) is 0 Å². The molecule has 1 unspecified atom stereocenters. The molecule has 160 valence electrons. The average Bonchev–Trinajstić information content (AvgIpc) is 3.27. The van der Waals surface area contributed by atoms with Crippen molar-refractivity contribution < 1.29 is 19.0 Å². The standard InChI is InChI=1S/C21H28N2O4S.ClH/c1-25-17-12-15(13-18(26-2)20(17)27-3)21(24)22-14-16(19-8-7-11-28-19)23-9-5-4-6-10-23;/h7-8,11-13,16H,4-6,9-10,14H2,1-3H3,(H,22,24);1H. The first kappa shape index (κ1) is 23.3. The third kappa shape index (κ3) is 5.56. The zero-order valence-electron chi connectivity index (χ0n) is 17.1. The molecule has 0 saturated carbocycles. The number of benzene rings is 1. The molecule has 0 aliphatic carbocycles. The normalized spacial score (nSPS) is 15.1. The van der Waals surface area contributed by atoms with Crippen molar-refractivity contribution in [3.05, 3.63) is 40.1 Å². The molecule has 8 heteroatoms. The second-order valence-corrected chi connectivity index (χ2v) is 7.73. The molecule has 1 atom stereocenters. The number of ether oxygens (including phenoxy) is 3. The van der Waals surface area contributed by atoms with E-state index in [-0.39, 0.29) is 24.4 Å². The van der Waals surface area contributed by atoms with E-state index < -0.39 is 0 Å². The monoisotopic (exact) mass is 440 g/mol. The number of likely N-dealkylation sites (tertiary alicyclic amines) is 1. The van der Waals surface area contributed by atoms with Crippen LogP contribution in [-0.4, -0.2) is 51.8 Å². The van der Waals surface area contributed by atoms with Gasteiger partial charge in [-0.3, -0.25) is 9.69 Å².